The van der Waals surface area contributed by atoms with Crippen LogP contribution in [0.3, 0.4) is 0 Å². The van der Waals surface area contributed by atoms with E-state index in [9.17, 15) is 0 Å². The van der Waals surface area contributed by atoms with Gasteiger partial charge in [0.05, 0.1) is 25.1 Å². The zero-order valence-corrected chi connectivity index (χ0v) is 16.6. The fourth-order valence-corrected chi connectivity index (χ4v) is 3.31. The monoisotopic (exact) mass is 385 g/mol. The van der Waals surface area contributed by atoms with Gasteiger partial charge in [0.1, 0.15) is 5.76 Å². The maximum atomic E-state index is 5.39. The molecule has 0 bridgehead atoms. The van der Waals surface area contributed by atoms with Crippen LogP contribution in [-0.4, -0.2) is 61.8 Å². The summed E-state index contributed by atoms with van der Waals surface area (Å²) in [4.78, 5) is 11.5. The molecule has 0 saturated carbocycles. The number of hydrogen-bond acceptors (Lipinski definition) is 5. The molecule has 1 aliphatic heterocycles. The summed E-state index contributed by atoms with van der Waals surface area (Å²) in [7, 11) is 1.70. The van der Waals surface area contributed by atoms with Crippen molar-refractivity contribution in [1.29, 1.82) is 0 Å². The van der Waals surface area contributed by atoms with Crippen LogP contribution in [-0.2, 0) is 17.7 Å². The fourth-order valence-electron chi connectivity index (χ4n) is 3.31. The van der Waals surface area contributed by atoms with Gasteiger partial charge in [-0.15, -0.1) is 0 Å². The summed E-state index contributed by atoms with van der Waals surface area (Å²) in [5, 5.41) is 7.00. The summed E-state index contributed by atoms with van der Waals surface area (Å²) in [6.45, 7) is 5.09. The Bertz CT molecular complexity index is 682. The number of nitrogens with zero attached hydrogens (tertiary/aromatic N) is 3. The second-order valence-corrected chi connectivity index (χ2v) is 7.00. The Morgan fingerprint density at radius 3 is 2.89 bits per heavy atom. The van der Waals surface area contributed by atoms with Crippen LogP contribution in [0.4, 0.5) is 0 Å². The van der Waals surface area contributed by atoms with Gasteiger partial charge in [-0.05, 0) is 37.1 Å². The maximum Gasteiger partial charge on any atom is 0.191 e. The number of aromatic nitrogens is 1. The second-order valence-electron chi connectivity index (χ2n) is 7.00. The van der Waals surface area contributed by atoms with Gasteiger partial charge in [-0.2, -0.15) is 0 Å². The molecule has 2 aromatic heterocycles. The molecule has 0 aromatic carbocycles. The minimum Gasteiger partial charge on any atom is -0.469 e. The Morgan fingerprint density at radius 1 is 1.29 bits per heavy atom. The molecule has 152 valence electrons. The standard InChI is InChI=1S/C21H31N5O2/c1-27-16-12-24-21(23-11-7-20-6-4-15-28-20)25-18-8-13-26(14-9-18)17-19-5-2-3-10-22-19/h2-6,10,15,18H,7-9,11-14,16-17H2,1H3,(H2,23,24,25). The highest BCUT2D eigenvalue weighted by molar-refractivity contribution is 5.80. The molecule has 7 heteroatoms. The summed E-state index contributed by atoms with van der Waals surface area (Å²) in [6, 6.07) is 10.4. The van der Waals surface area contributed by atoms with Crippen LogP contribution in [0.5, 0.6) is 0 Å². The molecule has 1 aliphatic rings. The van der Waals surface area contributed by atoms with Crippen molar-refractivity contribution in [3.8, 4) is 0 Å². The fraction of sp³-hybridized carbons (Fsp3) is 0.524. The Labute approximate surface area is 167 Å². The van der Waals surface area contributed by atoms with E-state index in [-0.39, 0.29) is 0 Å². The van der Waals surface area contributed by atoms with Gasteiger partial charge in [0.15, 0.2) is 5.96 Å². The lowest BCUT2D eigenvalue weighted by Crippen LogP contribution is -2.49. The van der Waals surface area contributed by atoms with Crippen molar-refractivity contribution in [2.45, 2.75) is 31.8 Å². The molecule has 7 nitrogen and oxygen atoms in total. The van der Waals surface area contributed by atoms with E-state index in [0.717, 1.165) is 62.9 Å². The molecule has 0 unspecified atom stereocenters. The number of likely N-dealkylation sites (tertiary alicyclic amines) is 1. The summed E-state index contributed by atoms with van der Waals surface area (Å²) in [5.41, 5.74) is 1.13. The number of ether oxygens (including phenoxy) is 1. The third-order valence-corrected chi connectivity index (χ3v) is 4.85. The molecule has 0 amide bonds. The van der Waals surface area contributed by atoms with Crippen molar-refractivity contribution in [2.75, 3.05) is 39.9 Å². The minimum absolute atomic E-state index is 0.428. The summed E-state index contributed by atoms with van der Waals surface area (Å²) in [6.07, 6.45) is 6.59. The SMILES string of the molecule is COCCN=C(NCCc1ccco1)NC1CCN(Cc2ccccn2)CC1. The predicted molar refractivity (Wildman–Crippen MR) is 110 cm³/mol. The molecule has 0 atom stereocenters. The first-order valence-electron chi connectivity index (χ1n) is 10.0. The van der Waals surface area contributed by atoms with Gasteiger partial charge in [0, 0.05) is 51.9 Å². The number of guanidine groups is 1. The zero-order chi connectivity index (χ0) is 19.4. The van der Waals surface area contributed by atoms with Crippen molar-refractivity contribution in [3.63, 3.8) is 0 Å². The molecule has 0 aliphatic carbocycles. The highest BCUT2D eigenvalue weighted by Gasteiger charge is 2.20. The number of hydrogen-bond donors (Lipinski definition) is 2. The summed E-state index contributed by atoms with van der Waals surface area (Å²) < 4.78 is 10.5. The summed E-state index contributed by atoms with van der Waals surface area (Å²) in [5.74, 6) is 1.83. The van der Waals surface area contributed by atoms with Crippen LogP contribution in [0.2, 0.25) is 0 Å². The number of piperidine rings is 1. The molecule has 2 N–H and O–H groups in total. The highest BCUT2D eigenvalue weighted by atomic mass is 16.5. The summed E-state index contributed by atoms with van der Waals surface area (Å²) >= 11 is 0. The van der Waals surface area contributed by atoms with E-state index < -0.39 is 0 Å². The molecule has 3 heterocycles. The van der Waals surface area contributed by atoms with Crippen LogP contribution in [0.25, 0.3) is 0 Å². The lowest BCUT2D eigenvalue weighted by Gasteiger charge is -2.33. The van der Waals surface area contributed by atoms with Gasteiger partial charge in [0.2, 0.25) is 0 Å². The van der Waals surface area contributed by atoms with Gasteiger partial charge >= 0.3 is 0 Å². The topological polar surface area (TPSA) is 74.9 Å². The average Bonchev–Trinajstić information content (AvgIpc) is 3.24. The highest BCUT2D eigenvalue weighted by Crippen LogP contribution is 2.13. The Morgan fingerprint density at radius 2 is 2.18 bits per heavy atom. The van der Waals surface area contributed by atoms with E-state index in [1.807, 2.05) is 30.5 Å². The van der Waals surface area contributed by atoms with Crippen LogP contribution >= 0.6 is 0 Å². The molecule has 1 saturated heterocycles. The van der Waals surface area contributed by atoms with E-state index in [4.69, 9.17) is 9.15 Å². The third kappa shape index (κ3) is 6.98. The molecular weight excluding hydrogens is 354 g/mol. The lowest BCUT2D eigenvalue weighted by atomic mass is 10.0. The Balaban J connectivity index is 1.43. The molecule has 3 rings (SSSR count). The quantitative estimate of drug-likeness (QED) is 0.391. The van der Waals surface area contributed by atoms with Crippen molar-refractivity contribution in [2.24, 2.45) is 4.99 Å². The van der Waals surface area contributed by atoms with E-state index in [1.54, 1.807) is 13.4 Å². The zero-order valence-electron chi connectivity index (χ0n) is 16.6. The lowest BCUT2D eigenvalue weighted by molar-refractivity contribution is 0.196. The van der Waals surface area contributed by atoms with Gasteiger partial charge in [0.25, 0.3) is 0 Å². The number of aliphatic imine (C=N–C) groups is 1. The van der Waals surface area contributed by atoms with E-state index in [2.05, 4.69) is 31.6 Å². The smallest absolute Gasteiger partial charge is 0.191 e. The maximum absolute atomic E-state index is 5.39. The average molecular weight is 386 g/mol. The number of rotatable bonds is 9. The van der Waals surface area contributed by atoms with Crippen LogP contribution < -0.4 is 10.6 Å². The molecule has 0 radical (unpaired) electrons. The van der Waals surface area contributed by atoms with Gasteiger partial charge in [-0.25, -0.2) is 0 Å². The van der Waals surface area contributed by atoms with E-state index in [1.165, 1.54) is 0 Å². The Kier molecular flexibility index (Phi) is 8.33. The molecule has 28 heavy (non-hydrogen) atoms. The van der Waals surface area contributed by atoms with Crippen molar-refractivity contribution in [3.05, 3.63) is 54.2 Å². The number of furan rings is 1. The number of pyridine rings is 1. The van der Waals surface area contributed by atoms with Crippen molar-refractivity contribution in [1.82, 2.24) is 20.5 Å². The Hall–Kier alpha value is -2.38. The first-order chi connectivity index (χ1) is 13.8. The van der Waals surface area contributed by atoms with Crippen molar-refractivity contribution >= 4 is 5.96 Å². The predicted octanol–water partition coefficient (Wildman–Crippen LogP) is 2.06. The minimum atomic E-state index is 0.428. The van der Waals surface area contributed by atoms with Gasteiger partial charge in [-0.1, -0.05) is 6.07 Å². The molecule has 0 spiro atoms. The van der Waals surface area contributed by atoms with E-state index in [0.29, 0.717) is 19.2 Å². The second kappa shape index (κ2) is 11.5. The molecule has 1 fully saturated rings. The van der Waals surface area contributed by atoms with Gasteiger partial charge in [-0.3, -0.25) is 14.9 Å². The third-order valence-electron chi connectivity index (χ3n) is 4.85. The molecular formula is C21H31N5O2. The number of methoxy groups -OCH3 is 1. The van der Waals surface area contributed by atoms with Crippen LogP contribution in [0.15, 0.2) is 52.2 Å². The van der Waals surface area contributed by atoms with Crippen LogP contribution in [0, 0.1) is 0 Å². The largest absolute Gasteiger partial charge is 0.469 e. The van der Waals surface area contributed by atoms with Crippen molar-refractivity contribution < 1.29 is 9.15 Å². The first kappa shape index (κ1) is 20.4. The van der Waals surface area contributed by atoms with Crippen LogP contribution in [0.1, 0.15) is 24.3 Å². The van der Waals surface area contributed by atoms with Gasteiger partial charge < -0.3 is 19.8 Å². The van der Waals surface area contributed by atoms with E-state index >= 15 is 0 Å². The first-order valence-corrected chi connectivity index (χ1v) is 10.0. The molecule has 2 aromatic rings. The normalized spacial score (nSPS) is 16.2. The number of nitrogens with one attached hydrogen (secondary N) is 2.